The van der Waals surface area contributed by atoms with Crippen LogP contribution < -0.4 is 9.80 Å². The Bertz CT molecular complexity index is 1430. The second-order valence-electron chi connectivity index (χ2n) is 8.93. The van der Waals surface area contributed by atoms with Crippen LogP contribution in [0.5, 0.6) is 0 Å². The van der Waals surface area contributed by atoms with Crippen molar-refractivity contribution in [3.63, 3.8) is 0 Å². The van der Waals surface area contributed by atoms with Crippen molar-refractivity contribution < 1.29 is 9.59 Å². The van der Waals surface area contributed by atoms with Crippen molar-refractivity contribution in [1.82, 2.24) is 0 Å². The number of hydrogen-bond acceptors (Lipinski definition) is 2. The largest absolute Gasteiger partial charge is 0.301 e. The number of amides is 2. The van der Waals surface area contributed by atoms with E-state index in [0.717, 1.165) is 44.9 Å². The van der Waals surface area contributed by atoms with Crippen LogP contribution in [0.3, 0.4) is 0 Å². The summed E-state index contributed by atoms with van der Waals surface area (Å²) in [6, 6.07) is 14.1. The van der Waals surface area contributed by atoms with Crippen LogP contribution >= 0.6 is 0 Å². The van der Waals surface area contributed by atoms with Crippen molar-refractivity contribution in [1.29, 1.82) is 0 Å². The first-order valence-electron chi connectivity index (χ1n) is 11.5. The molecule has 2 amide bonds. The number of rotatable bonds is 1. The number of allylic oxidation sites excluding steroid dienone is 6. The van der Waals surface area contributed by atoms with Gasteiger partial charge >= 0.3 is 0 Å². The molecule has 4 aliphatic rings. The van der Waals surface area contributed by atoms with Gasteiger partial charge in [0.2, 0.25) is 11.8 Å². The normalized spacial score (nSPS) is 21.5. The molecule has 2 aliphatic carbocycles. The van der Waals surface area contributed by atoms with Crippen molar-refractivity contribution in [2.45, 2.75) is 25.8 Å². The quantitative estimate of drug-likeness (QED) is 0.548. The number of para-hydroxylation sites is 1. The van der Waals surface area contributed by atoms with Crippen LogP contribution in [-0.2, 0) is 9.59 Å². The number of benzene rings is 2. The molecular formula is C30H24N2O2. The molecule has 0 aromatic heterocycles. The molecule has 0 N–H and O–H groups in total. The lowest BCUT2D eigenvalue weighted by molar-refractivity contribution is -0.117. The van der Waals surface area contributed by atoms with Crippen molar-refractivity contribution in [2.75, 3.05) is 9.80 Å². The van der Waals surface area contributed by atoms with E-state index in [-0.39, 0.29) is 23.8 Å². The number of hydrogen-bond donors (Lipinski definition) is 0. The van der Waals surface area contributed by atoms with Gasteiger partial charge in [-0.1, -0.05) is 66.8 Å². The van der Waals surface area contributed by atoms with Crippen LogP contribution in [0, 0.1) is 0 Å². The fourth-order valence-corrected chi connectivity index (χ4v) is 5.51. The lowest BCUT2D eigenvalue weighted by Crippen LogP contribution is -2.41. The molecule has 2 unspecified atom stereocenters. The van der Waals surface area contributed by atoms with Crippen molar-refractivity contribution in [3.05, 3.63) is 119 Å². The van der Waals surface area contributed by atoms with Gasteiger partial charge in [0.05, 0.1) is 23.1 Å². The van der Waals surface area contributed by atoms with Crippen molar-refractivity contribution in [2.24, 2.45) is 0 Å². The van der Waals surface area contributed by atoms with E-state index in [1.807, 2.05) is 70.5 Å². The Morgan fingerprint density at radius 3 is 2.47 bits per heavy atom. The summed E-state index contributed by atoms with van der Waals surface area (Å²) in [5, 5.41) is 0. The minimum Gasteiger partial charge on any atom is -0.301 e. The fourth-order valence-electron chi connectivity index (χ4n) is 5.51. The van der Waals surface area contributed by atoms with E-state index >= 15 is 0 Å². The molecule has 6 rings (SSSR count). The van der Waals surface area contributed by atoms with E-state index in [9.17, 15) is 9.59 Å². The van der Waals surface area contributed by atoms with Crippen LogP contribution in [-0.4, -0.2) is 17.9 Å². The minimum absolute atomic E-state index is 0.0136. The Labute approximate surface area is 199 Å². The molecule has 0 fully saturated rings. The zero-order chi connectivity index (χ0) is 23.4. The summed E-state index contributed by atoms with van der Waals surface area (Å²) in [6.45, 7) is 3.23. The Morgan fingerprint density at radius 1 is 0.824 bits per heavy atom. The fraction of sp³-hybridized carbons (Fsp3) is 0.133. The average molecular weight is 445 g/mol. The van der Waals surface area contributed by atoms with E-state index in [4.69, 9.17) is 0 Å². The van der Waals surface area contributed by atoms with Gasteiger partial charge in [-0.25, -0.2) is 0 Å². The van der Waals surface area contributed by atoms with E-state index in [2.05, 4.69) is 36.4 Å². The average Bonchev–Trinajstić information content (AvgIpc) is 2.84. The Balaban J connectivity index is 1.54. The van der Waals surface area contributed by atoms with Gasteiger partial charge in [0.1, 0.15) is 0 Å². The van der Waals surface area contributed by atoms with Gasteiger partial charge < -0.3 is 4.90 Å². The number of nitrogens with zero attached hydrogens (tertiary/aromatic N) is 2. The molecule has 2 aromatic rings. The lowest BCUT2D eigenvalue weighted by Gasteiger charge is -2.39. The van der Waals surface area contributed by atoms with Crippen LogP contribution in [0.2, 0.25) is 0 Å². The van der Waals surface area contributed by atoms with Crippen LogP contribution in [0.25, 0.3) is 12.2 Å². The van der Waals surface area contributed by atoms with Crippen LogP contribution in [0.4, 0.5) is 11.4 Å². The molecule has 2 aromatic carbocycles. The maximum atomic E-state index is 12.7. The van der Waals surface area contributed by atoms with Gasteiger partial charge in [-0.15, -0.1) is 0 Å². The molecule has 166 valence electrons. The first kappa shape index (κ1) is 20.4. The Morgan fingerprint density at radius 2 is 1.65 bits per heavy atom. The minimum atomic E-state index is -0.0865. The van der Waals surface area contributed by atoms with Gasteiger partial charge in [0.25, 0.3) is 0 Å². The maximum Gasteiger partial charge on any atom is 0.228 e. The summed E-state index contributed by atoms with van der Waals surface area (Å²) in [6.07, 6.45) is 18.8. The summed E-state index contributed by atoms with van der Waals surface area (Å²) in [5.74, 6) is -0.0435. The summed E-state index contributed by atoms with van der Waals surface area (Å²) >= 11 is 0. The second kappa shape index (κ2) is 7.70. The summed E-state index contributed by atoms with van der Waals surface area (Å²) in [4.78, 5) is 29.2. The molecule has 2 atom stereocenters. The van der Waals surface area contributed by atoms with E-state index in [0.29, 0.717) is 0 Å². The maximum absolute atomic E-state index is 12.7. The highest BCUT2D eigenvalue weighted by molar-refractivity contribution is 6.02. The van der Waals surface area contributed by atoms with E-state index in [1.54, 1.807) is 13.8 Å². The zero-order valence-corrected chi connectivity index (χ0v) is 19.1. The third-order valence-electron chi connectivity index (χ3n) is 6.91. The molecule has 4 nitrogen and oxygen atoms in total. The highest BCUT2D eigenvalue weighted by atomic mass is 16.2. The molecule has 0 saturated carbocycles. The SMILES string of the molecule is CC(=O)N1C2=CC=CC(c3cccc4c3C=C3C=CC=CC3N4C(C)=O)C2=Cc2ccccc21. The van der Waals surface area contributed by atoms with Crippen molar-refractivity contribution >= 4 is 35.3 Å². The molecule has 2 aliphatic heterocycles. The van der Waals surface area contributed by atoms with Crippen LogP contribution in [0.15, 0.2) is 102 Å². The topological polar surface area (TPSA) is 40.6 Å². The van der Waals surface area contributed by atoms with Gasteiger partial charge in [-0.3, -0.25) is 14.5 Å². The second-order valence-corrected chi connectivity index (χ2v) is 8.93. The third kappa shape index (κ3) is 2.99. The Hall–Kier alpha value is -4.18. The summed E-state index contributed by atoms with van der Waals surface area (Å²) in [7, 11) is 0. The van der Waals surface area contributed by atoms with Gasteiger partial charge in [-0.05, 0) is 52.6 Å². The monoisotopic (exact) mass is 444 g/mol. The molecule has 34 heavy (non-hydrogen) atoms. The molecule has 4 heteroatoms. The molecule has 0 spiro atoms. The standard InChI is InChI=1S/C30H24N2O2/c1-19(33)31-27-13-5-3-9-21(27)17-25-23(11-7-15-29(25)31)24-12-8-16-30-26(24)18-22-10-4-6-14-28(22)32(30)20(2)34/h3-18,23,28H,1-2H3. The third-order valence-corrected chi connectivity index (χ3v) is 6.91. The number of carbonyl (C=O) groups is 2. The molecule has 0 bridgehead atoms. The van der Waals surface area contributed by atoms with Crippen LogP contribution in [0.1, 0.15) is 36.5 Å². The number of anilines is 2. The molecule has 0 radical (unpaired) electrons. The number of carbonyl (C=O) groups excluding carboxylic acids is 2. The van der Waals surface area contributed by atoms with E-state index in [1.165, 1.54) is 0 Å². The molecular weight excluding hydrogens is 420 g/mol. The first-order valence-corrected chi connectivity index (χ1v) is 11.5. The molecule has 2 heterocycles. The predicted molar refractivity (Wildman–Crippen MR) is 137 cm³/mol. The summed E-state index contributed by atoms with van der Waals surface area (Å²) < 4.78 is 0. The van der Waals surface area contributed by atoms with Crippen molar-refractivity contribution in [3.8, 4) is 0 Å². The predicted octanol–water partition coefficient (Wildman–Crippen LogP) is 5.92. The van der Waals surface area contributed by atoms with Gasteiger partial charge in [-0.2, -0.15) is 0 Å². The smallest absolute Gasteiger partial charge is 0.228 e. The lowest BCUT2D eigenvalue weighted by atomic mass is 9.78. The zero-order valence-electron chi connectivity index (χ0n) is 19.1. The highest BCUT2D eigenvalue weighted by Gasteiger charge is 2.35. The molecule has 0 saturated heterocycles. The Kier molecular flexibility index (Phi) is 4.63. The summed E-state index contributed by atoms with van der Waals surface area (Å²) in [5.41, 5.74) is 8.10. The van der Waals surface area contributed by atoms with Gasteiger partial charge in [0, 0.05) is 25.3 Å². The number of fused-ring (bicyclic) bond motifs is 4. The highest BCUT2D eigenvalue weighted by Crippen LogP contribution is 2.47. The first-order chi connectivity index (χ1) is 16.5. The van der Waals surface area contributed by atoms with Gasteiger partial charge in [0.15, 0.2) is 0 Å². The van der Waals surface area contributed by atoms with E-state index < -0.39 is 0 Å².